The molecule has 0 aromatic heterocycles. The molecule has 190 valence electrons. The number of aliphatic carboxylic acids is 1. The first-order chi connectivity index (χ1) is 17.5. The van der Waals surface area contributed by atoms with Crippen molar-refractivity contribution < 1.29 is 14.7 Å². The van der Waals surface area contributed by atoms with Crippen LogP contribution in [0.25, 0.3) is 11.1 Å². The van der Waals surface area contributed by atoms with Crippen LogP contribution in [0.15, 0.2) is 72.8 Å². The monoisotopic (exact) mass is 504 g/mol. The Bertz CT molecular complexity index is 1130. The van der Waals surface area contributed by atoms with Gasteiger partial charge in [-0.15, -0.1) is 0 Å². The van der Waals surface area contributed by atoms with Crippen LogP contribution < -0.4 is 10.6 Å². The molecule has 0 saturated heterocycles. The highest BCUT2D eigenvalue weighted by Gasteiger charge is 2.22. The summed E-state index contributed by atoms with van der Waals surface area (Å²) < 4.78 is 0. The minimum absolute atomic E-state index is 0.359. The lowest BCUT2D eigenvalue weighted by Gasteiger charge is -2.18. The van der Waals surface area contributed by atoms with Crippen molar-refractivity contribution in [1.29, 1.82) is 0 Å². The highest BCUT2D eigenvalue weighted by atomic mass is 32.2. The summed E-state index contributed by atoms with van der Waals surface area (Å²) in [7, 11) is 0. The second kappa shape index (κ2) is 14.5. The molecule has 5 nitrogen and oxygen atoms in total. The third-order valence-electron chi connectivity index (χ3n) is 6.22. The van der Waals surface area contributed by atoms with Crippen LogP contribution in [0.3, 0.4) is 0 Å². The maximum absolute atomic E-state index is 13.2. The maximum atomic E-state index is 13.2. The van der Waals surface area contributed by atoms with Crippen LogP contribution in [0.5, 0.6) is 0 Å². The number of aryl methyl sites for hydroxylation is 2. The minimum atomic E-state index is -1.01. The standard InChI is InChI=1S/C30H36N2O3S/c1-22-10-6-7-14-25(22)27-20-24(21-31-18-9-8-13-23-11-4-3-5-12-23)15-16-26(27)29(33)32-28(30(34)35)17-19-36-2/h3-7,10-12,14-16,20,28,31H,8-9,13,17-19,21H2,1-2H3,(H,32,33)(H,34,35). The van der Waals surface area contributed by atoms with Gasteiger partial charge in [0.05, 0.1) is 0 Å². The molecule has 0 heterocycles. The molecule has 36 heavy (non-hydrogen) atoms. The van der Waals surface area contributed by atoms with Crippen molar-refractivity contribution >= 4 is 23.6 Å². The highest BCUT2D eigenvalue weighted by molar-refractivity contribution is 7.98. The predicted molar refractivity (Wildman–Crippen MR) is 150 cm³/mol. The fourth-order valence-corrected chi connectivity index (χ4v) is 4.65. The number of thioether (sulfide) groups is 1. The van der Waals surface area contributed by atoms with E-state index in [9.17, 15) is 14.7 Å². The molecule has 0 radical (unpaired) electrons. The van der Waals surface area contributed by atoms with Crippen molar-refractivity contribution in [2.75, 3.05) is 18.6 Å². The molecule has 3 aromatic rings. The summed E-state index contributed by atoms with van der Waals surface area (Å²) in [5.41, 5.74) is 5.81. The molecule has 1 unspecified atom stereocenters. The van der Waals surface area contributed by atoms with Crippen molar-refractivity contribution in [3.05, 3.63) is 95.1 Å². The van der Waals surface area contributed by atoms with Gasteiger partial charge in [0.25, 0.3) is 5.91 Å². The zero-order valence-corrected chi connectivity index (χ0v) is 21.9. The van der Waals surface area contributed by atoms with E-state index in [2.05, 4.69) is 34.9 Å². The fourth-order valence-electron chi connectivity index (χ4n) is 4.18. The molecule has 3 N–H and O–H groups in total. The summed E-state index contributed by atoms with van der Waals surface area (Å²) in [5.74, 6) is -0.706. The van der Waals surface area contributed by atoms with Crippen LogP contribution >= 0.6 is 11.8 Å². The molecule has 6 heteroatoms. The third-order valence-corrected chi connectivity index (χ3v) is 6.86. The van der Waals surface area contributed by atoms with Gasteiger partial charge in [-0.05, 0) is 91.1 Å². The van der Waals surface area contributed by atoms with Gasteiger partial charge in [0.1, 0.15) is 6.04 Å². The number of nitrogens with one attached hydrogen (secondary N) is 2. The van der Waals surface area contributed by atoms with Gasteiger partial charge in [-0.25, -0.2) is 4.79 Å². The molecule has 1 atom stereocenters. The Balaban J connectivity index is 1.68. The molecule has 0 fully saturated rings. The largest absolute Gasteiger partial charge is 0.480 e. The van der Waals surface area contributed by atoms with Crippen LogP contribution in [0.2, 0.25) is 0 Å². The third kappa shape index (κ3) is 8.25. The van der Waals surface area contributed by atoms with Gasteiger partial charge in [-0.1, -0.05) is 60.7 Å². The second-order valence-corrected chi connectivity index (χ2v) is 9.95. The number of hydrogen-bond acceptors (Lipinski definition) is 4. The quantitative estimate of drug-likeness (QED) is 0.245. The Morgan fingerprint density at radius 3 is 2.39 bits per heavy atom. The number of carboxylic acids is 1. The summed E-state index contributed by atoms with van der Waals surface area (Å²) in [5, 5.41) is 15.8. The van der Waals surface area contributed by atoms with Gasteiger partial charge in [0.15, 0.2) is 0 Å². The Labute approximate surface area is 218 Å². The number of rotatable bonds is 14. The van der Waals surface area contributed by atoms with Crippen LogP contribution in [0.1, 0.15) is 46.3 Å². The zero-order valence-electron chi connectivity index (χ0n) is 21.1. The van der Waals surface area contributed by atoms with Gasteiger partial charge in [-0.2, -0.15) is 11.8 Å². The predicted octanol–water partition coefficient (Wildman–Crippen LogP) is 5.71. The summed E-state index contributed by atoms with van der Waals surface area (Å²) in [4.78, 5) is 24.9. The smallest absolute Gasteiger partial charge is 0.326 e. The van der Waals surface area contributed by atoms with Gasteiger partial charge in [0.2, 0.25) is 0 Å². The zero-order chi connectivity index (χ0) is 25.8. The van der Waals surface area contributed by atoms with E-state index in [1.165, 1.54) is 5.56 Å². The highest BCUT2D eigenvalue weighted by Crippen LogP contribution is 2.28. The molecule has 1 amide bonds. The van der Waals surface area contributed by atoms with Crippen LogP contribution in [0.4, 0.5) is 0 Å². The lowest BCUT2D eigenvalue weighted by atomic mass is 9.93. The van der Waals surface area contributed by atoms with Gasteiger partial charge < -0.3 is 15.7 Å². The molecule has 0 bridgehead atoms. The number of carbonyl (C=O) groups is 2. The summed E-state index contributed by atoms with van der Waals surface area (Å²) >= 11 is 1.56. The Hall–Kier alpha value is -3.09. The number of benzene rings is 3. The maximum Gasteiger partial charge on any atom is 0.326 e. The Kier molecular flexibility index (Phi) is 11.0. The first kappa shape index (κ1) is 27.5. The number of amides is 1. The van der Waals surface area contributed by atoms with E-state index in [0.717, 1.165) is 48.1 Å². The van der Waals surface area contributed by atoms with E-state index in [-0.39, 0.29) is 5.91 Å². The molecule has 0 saturated carbocycles. The average molecular weight is 505 g/mol. The molecular formula is C30H36N2O3S. The fraction of sp³-hybridized carbons (Fsp3) is 0.333. The van der Waals surface area contributed by atoms with Crippen LogP contribution in [-0.4, -0.2) is 41.6 Å². The van der Waals surface area contributed by atoms with E-state index in [0.29, 0.717) is 24.3 Å². The Morgan fingerprint density at radius 1 is 0.917 bits per heavy atom. The first-order valence-corrected chi connectivity index (χ1v) is 13.8. The summed E-state index contributed by atoms with van der Waals surface area (Å²) in [6, 6.07) is 23.4. The second-order valence-electron chi connectivity index (χ2n) is 8.96. The molecular weight excluding hydrogens is 468 g/mol. The molecule has 0 aliphatic heterocycles. The normalized spacial score (nSPS) is 11.7. The SMILES string of the molecule is CSCCC(NC(=O)c1ccc(CNCCCCc2ccccc2)cc1-c1ccccc1C)C(=O)O. The molecule has 0 aliphatic carbocycles. The van der Waals surface area contributed by atoms with Crippen LogP contribution in [-0.2, 0) is 17.8 Å². The summed E-state index contributed by atoms with van der Waals surface area (Å²) in [6.45, 7) is 3.65. The number of unbranched alkanes of at least 4 members (excludes halogenated alkanes) is 1. The number of carboxylic acid groups (broad SMARTS) is 1. The van der Waals surface area contributed by atoms with Gasteiger partial charge >= 0.3 is 5.97 Å². The number of carbonyl (C=O) groups excluding carboxylic acids is 1. The molecule has 3 rings (SSSR count). The van der Waals surface area contributed by atoms with Crippen molar-refractivity contribution in [2.24, 2.45) is 0 Å². The summed E-state index contributed by atoms with van der Waals surface area (Å²) in [6.07, 6.45) is 5.61. The van der Waals surface area contributed by atoms with E-state index in [1.54, 1.807) is 11.8 Å². The van der Waals surface area contributed by atoms with Crippen molar-refractivity contribution in [3.63, 3.8) is 0 Å². The van der Waals surface area contributed by atoms with E-state index < -0.39 is 12.0 Å². The van der Waals surface area contributed by atoms with Crippen molar-refractivity contribution in [1.82, 2.24) is 10.6 Å². The lowest BCUT2D eigenvalue weighted by molar-refractivity contribution is -0.139. The molecule has 0 spiro atoms. The molecule has 3 aromatic carbocycles. The topological polar surface area (TPSA) is 78.4 Å². The molecule has 0 aliphatic rings. The first-order valence-electron chi connectivity index (χ1n) is 12.5. The minimum Gasteiger partial charge on any atom is -0.480 e. The average Bonchev–Trinajstić information content (AvgIpc) is 2.89. The van der Waals surface area contributed by atoms with E-state index in [4.69, 9.17) is 0 Å². The lowest BCUT2D eigenvalue weighted by Crippen LogP contribution is -2.41. The van der Waals surface area contributed by atoms with Crippen molar-refractivity contribution in [2.45, 2.75) is 45.2 Å². The van der Waals surface area contributed by atoms with Crippen molar-refractivity contribution in [3.8, 4) is 11.1 Å². The van der Waals surface area contributed by atoms with Gasteiger partial charge in [-0.3, -0.25) is 4.79 Å². The van der Waals surface area contributed by atoms with E-state index in [1.807, 2.05) is 61.7 Å². The number of hydrogen-bond donors (Lipinski definition) is 3. The van der Waals surface area contributed by atoms with Crippen LogP contribution in [0, 0.1) is 6.92 Å². The van der Waals surface area contributed by atoms with E-state index >= 15 is 0 Å². The Morgan fingerprint density at radius 2 is 1.67 bits per heavy atom. The van der Waals surface area contributed by atoms with Gasteiger partial charge in [0, 0.05) is 12.1 Å².